The van der Waals surface area contributed by atoms with E-state index in [2.05, 4.69) is 56.6 Å². The van der Waals surface area contributed by atoms with Crippen molar-refractivity contribution in [2.24, 2.45) is 0 Å². The minimum Gasteiger partial charge on any atom is -0.289 e. The Labute approximate surface area is 289 Å². The molecule has 7 heteroatoms. The molecule has 0 fully saturated rings. The normalized spacial score (nSPS) is 10.0. The van der Waals surface area contributed by atoms with Crippen LogP contribution in [0.1, 0.15) is 31.8 Å². The first-order valence-corrected chi connectivity index (χ1v) is 16.6. The lowest BCUT2D eigenvalue weighted by Gasteiger charge is -2.04. The van der Waals surface area contributed by atoms with Gasteiger partial charge in [-0.25, -0.2) is 4.39 Å². The van der Waals surface area contributed by atoms with Crippen molar-refractivity contribution in [1.29, 1.82) is 0 Å². The molecular formula is C38H27Br2FO2S2. The van der Waals surface area contributed by atoms with E-state index < -0.39 is 0 Å². The largest absolute Gasteiger partial charge is 0.289 e. The van der Waals surface area contributed by atoms with Crippen molar-refractivity contribution in [1.82, 2.24) is 0 Å². The predicted molar refractivity (Wildman–Crippen MR) is 192 cm³/mol. The van der Waals surface area contributed by atoms with Gasteiger partial charge in [-0.1, -0.05) is 104 Å². The van der Waals surface area contributed by atoms with Gasteiger partial charge in [0.2, 0.25) is 0 Å². The van der Waals surface area contributed by atoms with Gasteiger partial charge in [-0.05, 0) is 97.1 Å². The van der Waals surface area contributed by atoms with Crippen molar-refractivity contribution in [3.05, 3.63) is 195 Å². The Morgan fingerprint density at radius 1 is 0.467 bits per heavy atom. The molecule has 0 aliphatic rings. The van der Waals surface area contributed by atoms with E-state index in [9.17, 15) is 14.0 Å². The van der Waals surface area contributed by atoms with Gasteiger partial charge in [-0.3, -0.25) is 9.59 Å². The maximum atomic E-state index is 12.6. The molecule has 0 saturated heterocycles. The van der Waals surface area contributed by atoms with Crippen molar-refractivity contribution < 1.29 is 14.0 Å². The van der Waals surface area contributed by atoms with Crippen molar-refractivity contribution >= 4 is 67.8 Å². The van der Waals surface area contributed by atoms with Gasteiger partial charge < -0.3 is 0 Å². The monoisotopic (exact) mass is 756 g/mol. The molecule has 224 valence electrons. The summed E-state index contributed by atoms with van der Waals surface area (Å²) in [6.07, 6.45) is 0. The average molecular weight is 759 g/mol. The standard InChI is InChI=1S/C19H13BrOS.C13H9FO.C6H5BrS/c20-16-8-12-18(13-9-16)22-17-10-6-15(7-11-17)19(21)14-4-2-1-3-5-14;14-12-8-6-11(7-9-12)13(15)10-4-2-1-3-5-10;7-5-1-3-6(8)4-2-5/h1-13H;1-9H;1-4,8H. The molecule has 0 aliphatic heterocycles. The fourth-order valence-electron chi connectivity index (χ4n) is 3.87. The first kappa shape index (κ1) is 34.1. The smallest absolute Gasteiger partial charge is 0.193 e. The highest BCUT2D eigenvalue weighted by Gasteiger charge is 2.09. The van der Waals surface area contributed by atoms with Gasteiger partial charge in [-0.15, -0.1) is 12.6 Å². The van der Waals surface area contributed by atoms with Crippen molar-refractivity contribution in [3.8, 4) is 0 Å². The van der Waals surface area contributed by atoms with E-state index in [1.54, 1.807) is 36.0 Å². The van der Waals surface area contributed by atoms with Crippen molar-refractivity contribution in [2.45, 2.75) is 14.7 Å². The zero-order valence-corrected chi connectivity index (χ0v) is 28.7. The maximum Gasteiger partial charge on any atom is 0.193 e. The number of hydrogen-bond acceptors (Lipinski definition) is 4. The molecule has 0 N–H and O–H groups in total. The predicted octanol–water partition coefficient (Wildman–Crippen LogP) is 11.6. The minimum atomic E-state index is -0.334. The molecule has 6 aromatic rings. The third-order valence-electron chi connectivity index (χ3n) is 6.17. The van der Waals surface area contributed by atoms with Crippen LogP contribution in [-0.2, 0) is 0 Å². The van der Waals surface area contributed by atoms with Gasteiger partial charge >= 0.3 is 0 Å². The van der Waals surface area contributed by atoms with Gasteiger partial charge in [0.05, 0.1) is 0 Å². The van der Waals surface area contributed by atoms with Crippen LogP contribution in [0.15, 0.2) is 181 Å². The van der Waals surface area contributed by atoms with E-state index >= 15 is 0 Å². The zero-order valence-electron chi connectivity index (χ0n) is 23.8. The van der Waals surface area contributed by atoms with E-state index in [0.717, 1.165) is 24.3 Å². The van der Waals surface area contributed by atoms with Crippen LogP contribution in [0.2, 0.25) is 0 Å². The quantitative estimate of drug-likeness (QED) is 0.136. The molecule has 2 nitrogen and oxygen atoms in total. The molecule has 0 aliphatic carbocycles. The van der Waals surface area contributed by atoms with E-state index in [1.165, 1.54) is 29.2 Å². The fraction of sp³-hybridized carbons (Fsp3) is 0. The van der Waals surface area contributed by atoms with Crippen LogP contribution >= 0.6 is 56.3 Å². The topological polar surface area (TPSA) is 34.1 Å². The summed E-state index contributed by atoms with van der Waals surface area (Å²) in [6, 6.07) is 47.6. The van der Waals surface area contributed by atoms with Gasteiger partial charge in [0, 0.05) is 45.9 Å². The van der Waals surface area contributed by atoms with Gasteiger partial charge in [-0.2, -0.15) is 0 Å². The summed E-state index contributed by atoms with van der Waals surface area (Å²) in [7, 11) is 0. The Morgan fingerprint density at radius 2 is 0.800 bits per heavy atom. The highest BCUT2D eigenvalue weighted by molar-refractivity contribution is 9.10. The van der Waals surface area contributed by atoms with Crippen LogP contribution in [0.5, 0.6) is 0 Å². The summed E-state index contributed by atoms with van der Waals surface area (Å²) >= 11 is 12.5. The number of thiol groups is 1. The summed E-state index contributed by atoms with van der Waals surface area (Å²) < 4.78 is 14.8. The van der Waals surface area contributed by atoms with Crippen LogP contribution in [0.25, 0.3) is 0 Å². The third-order valence-corrected chi connectivity index (χ3v) is 8.54. The van der Waals surface area contributed by atoms with Crippen LogP contribution < -0.4 is 0 Å². The molecule has 0 bridgehead atoms. The first-order chi connectivity index (χ1) is 21.8. The second kappa shape index (κ2) is 17.7. The lowest BCUT2D eigenvalue weighted by Crippen LogP contribution is -2.00. The molecule has 6 aromatic carbocycles. The van der Waals surface area contributed by atoms with Crippen LogP contribution in [0, 0.1) is 5.82 Å². The highest BCUT2D eigenvalue weighted by atomic mass is 79.9. The number of benzene rings is 6. The van der Waals surface area contributed by atoms with Gasteiger partial charge in [0.1, 0.15) is 5.82 Å². The molecule has 6 rings (SSSR count). The number of halogens is 3. The van der Waals surface area contributed by atoms with Gasteiger partial charge in [0.25, 0.3) is 0 Å². The second-order valence-corrected chi connectivity index (χ2v) is 12.9. The van der Waals surface area contributed by atoms with Crippen molar-refractivity contribution in [3.63, 3.8) is 0 Å². The van der Waals surface area contributed by atoms with E-state index in [0.29, 0.717) is 16.7 Å². The Balaban J connectivity index is 0.000000172. The third kappa shape index (κ3) is 11.3. The van der Waals surface area contributed by atoms with Crippen molar-refractivity contribution in [2.75, 3.05) is 0 Å². The summed E-state index contributed by atoms with van der Waals surface area (Å²) in [6.45, 7) is 0. The number of ketones is 2. The first-order valence-electron chi connectivity index (χ1n) is 13.7. The van der Waals surface area contributed by atoms with E-state index in [-0.39, 0.29) is 17.4 Å². The molecule has 45 heavy (non-hydrogen) atoms. The molecule has 0 atom stereocenters. The fourth-order valence-corrected chi connectivity index (χ4v) is 5.36. The lowest BCUT2D eigenvalue weighted by molar-refractivity contribution is 0.103. The van der Waals surface area contributed by atoms with E-state index in [4.69, 9.17) is 0 Å². The Morgan fingerprint density at radius 3 is 1.20 bits per heavy atom. The number of rotatable bonds is 6. The molecule has 0 amide bonds. The summed E-state index contributed by atoms with van der Waals surface area (Å²) in [5.74, 6) is -0.365. The molecule has 0 unspecified atom stereocenters. The lowest BCUT2D eigenvalue weighted by atomic mass is 10.0. The maximum absolute atomic E-state index is 12.6. The molecule has 0 aromatic heterocycles. The highest BCUT2D eigenvalue weighted by Crippen LogP contribution is 2.29. The number of hydrogen-bond donors (Lipinski definition) is 1. The van der Waals surface area contributed by atoms with E-state index in [1.807, 2.05) is 97.1 Å². The van der Waals surface area contributed by atoms with Gasteiger partial charge in [0.15, 0.2) is 11.6 Å². The van der Waals surface area contributed by atoms with Crippen LogP contribution in [0.3, 0.4) is 0 Å². The second-order valence-electron chi connectivity index (χ2n) is 9.45. The van der Waals surface area contributed by atoms with Crippen LogP contribution in [0.4, 0.5) is 4.39 Å². The zero-order chi connectivity index (χ0) is 32.0. The number of carbonyl (C=O) groups is 2. The average Bonchev–Trinajstić information content (AvgIpc) is 3.08. The molecule has 0 radical (unpaired) electrons. The Bertz CT molecular complexity index is 1780. The summed E-state index contributed by atoms with van der Waals surface area (Å²) in [4.78, 5) is 27.5. The summed E-state index contributed by atoms with van der Waals surface area (Å²) in [5.41, 5.74) is 2.55. The molecular weight excluding hydrogens is 731 g/mol. The van der Waals surface area contributed by atoms with Crippen LogP contribution in [-0.4, -0.2) is 11.6 Å². The Hall–Kier alpha value is -3.75. The Kier molecular flexibility index (Phi) is 13.4. The minimum absolute atomic E-state index is 0.0563. The summed E-state index contributed by atoms with van der Waals surface area (Å²) in [5, 5.41) is 0. The number of carbonyl (C=O) groups excluding carboxylic acids is 2. The molecule has 0 heterocycles. The molecule has 0 saturated carbocycles. The SMILES string of the molecule is O=C(c1ccccc1)c1ccc(F)cc1.O=C(c1ccccc1)c1ccc(Sc2ccc(Br)cc2)cc1.Sc1ccc(Br)cc1. The molecule has 0 spiro atoms.